The van der Waals surface area contributed by atoms with Crippen LogP contribution in [0.5, 0.6) is 0 Å². The number of benzene rings is 2. The lowest BCUT2D eigenvalue weighted by Gasteiger charge is -2.36. The third-order valence-corrected chi connectivity index (χ3v) is 8.49. The van der Waals surface area contributed by atoms with Crippen LogP contribution < -0.4 is 5.32 Å². The van der Waals surface area contributed by atoms with Crippen molar-refractivity contribution in [1.82, 2.24) is 20.1 Å². The Morgan fingerprint density at radius 3 is 2.68 bits per heavy atom. The van der Waals surface area contributed by atoms with Gasteiger partial charge in [-0.15, -0.1) is 0 Å². The molecule has 1 saturated heterocycles. The van der Waals surface area contributed by atoms with Crippen LogP contribution in [0.4, 0.5) is 4.79 Å². The Labute approximate surface area is 217 Å². The molecule has 0 spiro atoms. The maximum absolute atomic E-state index is 14.2. The smallest absolute Gasteiger partial charge is 0.328 e. The molecule has 2 aromatic carbocycles. The second-order valence-electron chi connectivity index (χ2n) is 11.3. The van der Waals surface area contributed by atoms with Gasteiger partial charge in [0.1, 0.15) is 6.04 Å². The van der Waals surface area contributed by atoms with Crippen LogP contribution in [0.1, 0.15) is 68.5 Å². The summed E-state index contributed by atoms with van der Waals surface area (Å²) in [6, 6.07) is 14.9. The zero-order valence-electron chi connectivity index (χ0n) is 21.7. The Morgan fingerprint density at radius 1 is 1.11 bits per heavy atom. The number of aromatic nitrogens is 1. The van der Waals surface area contributed by atoms with Gasteiger partial charge < -0.3 is 15.2 Å². The van der Waals surface area contributed by atoms with Crippen LogP contribution in [-0.2, 0) is 28.0 Å². The second-order valence-corrected chi connectivity index (χ2v) is 11.3. The summed E-state index contributed by atoms with van der Waals surface area (Å²) < 4.78 is 0. The van der Waals surface area contributed by atoms with Gasteiger partial charge in [-0.05, 0) is 67.7 Å². The molecule has 1 aromatic heterocycles. The summed E-state index contributed by atoms with van der Waals surface area (Å²) in [4.78, 5) is 48.2. The molecule has 6 rings (SSSR count). The molecule has 7 nitrogen and oxygen atoms in total. The van der Waals surface area contributed by atoms with E-state index in [2.05, 4.69) is 28.5 Å². The van der Waals surface area contributed by atoms with Crippen LogP contribution in [0.3, 0.4) is 0 Å². The molecule has 3 aromatic rings. The molecule has 1 aliphatic carbocycles. The van der Waals surface area contributed by atoms with E-state index >= 15 is 0 Å². The molecule has 7 heteroatoms. The van der Waals surface area contributed by atoms with Gasteiger partial charge in [-0.3, -0.25) is 9.59 Å². The Balaban J connectivity index is 1.35. The normalized spacial score (nSPS) is 23.7. The Bertz CT molecular complexity index is 1410. The fraction of sp³-hybridized carbons (Fsp3) is 0.433. The largest absolute Gasteiger partial charge is 0.356 e. The van der Waals surface area contributed by atoms with Crippen molar-refractivity contribution in [3.63, 3.8) is 0 Å². The summed E-state index contributed by atoms with van der Waals surface area (Å²) in [6.07, 6.45) is 3.93. The fourth-order valence-electron chi connectivity index (χ4n) is 6.64. The predicted molar refractivity (Wildman–Crippen MR) is 142 cm³/mol. The molecule has 3 atom stereocenters. The first-order valence-corrected chi connectivity index (χ1v) is 13.4. The average Bonchev–Trinajstić information content (AvgIpc) is 3.36. The minimum Gasteiger partial charge on any atom is -0.356 e. The van der Waals surface area contributed by atoms with Crippen molar-refractivity contribution in [2.75, 3.05) is 6.54 Å². The number of imide groups is 1. The molecular weight excluding hydrogens is 464 g/mol. The van der Waals surface area contributed by atoms with E-state index in [0.717, 1.165) is 47.0 Å². The Kier molecular flexibility index (Phi) is 5.62. The van der Waals surface area contributed by atoms with Gasteiger partial charge >= 0.3 is 6.03 Å². The molecule has 3 aliphatic rings. The molecule has 1 fully saturated rings. The van der Waals surface area contributed by atoms with E-state index in [-0.39, 0.29) is 29.8 Å². The molecular formula is C30H34N4O3. The minimum absolute atomic E-state index is 0.113. The maximum Gasteiger partial charge on any atom is 0.328 e. The summed E-state index contributed by atoms with van der Waals surface area (Å²) in [5, 5.41) is 4.31. The number of fused-ring (bicyclic) bond motifs is 6. The van der Waals surface area contributed by atoms with Crippen molar-refractivity contribution in [2.24, 2.45) is 5.92 Å². The standard InChI is InChI=1S/C30H34N4O3/c1-18(2)17-25(27(35)32-23-14-8-10-19-9-4-5-11-20(19)23)34-28(36)30(3)26-22(15-16-33(30)29(34)37)21-12-6-7-13-24(21)31-26/h4-7,9,11-13,18,23,25,31H,8,10,14-17H2,1-3H3,(H,32,35)/t23-,25-,30-/m0/s1. The maximum atomic E-state index is 14.2. The molecule has 2 aliphatic heterocycles. The molecule has 0 radical (unpaired) electrons. The van der Waals surface area contributed by atoms with E-state index in [1.54, 1.807) is 4.90 Å². The highest BCUT2D eigenvalue weighted by molar-refractivity contribution is 6.11. The number of rotatable bonds is 5. The Hall–Kier alpha value is -3.61. The van der Waals surface area contributed by atoms with Crippen LogP contribution in [0.15, 0.2) is 48.5 Å². The lowest BCUT2D eigenvalue weighted by Crippen LogP contribution is -2.52. The summed E-state index contributed by atoms with van der Waals surface area (Å²) >= 11 is 0. The van der Waals surface area contributed by atoms with Gasteiger partial charge in [-0.25, -0.2) is 9.69 Å². The second kappa shape index (κ2) is 8.75. The average molecular weight is 499 g/mol. The molecule has 0 unspecified atom stereocenters. The summed E-state index contributed by atoms with van der Waals surface area (Å²) in [7, 11) is 0. The zero-order valence-corrected chi connectivity index (χ0v) is 21.7. The van der Waals surface area contributed by atoms with Crippen LogP contribution in [0.2, 0.25) is 0 Å². The van der Waals surface area contributed by atoms with E-state index < -0.39 is 11.6 Å². The van der Waals surface area contributed by atoms with Crippen molar-refractivity contribution in [3.05, 3.63) is 70.9 Å². The molecule has 0 saturated carbocycles. The van der Waals surface area contributed by atoms with Crippen molar-refractivity contribution < 1.29 is 14.4 Å². The van der Waals surface area contributed by atoms with Gasteiger partial charge in [0.2, 0.25) is 5.91 Å². The van der Waals surface area contributed by atoms with Gasteiger partial charge in [-0.2, -0.15) is 0 Å². The number of hydrogen-bond acceptors (Lipinski definition) is 3. The lowest BCUT2D eigenvalue weighted by atomic mass is 9.86. The number of nitrogens with zero attached hydrogens (tertiary/aromatic N) is 2. The SMILES string of the molecule is CC(C)C[C@@H](C(=O)N[C@H]1CCCc2ccccc21)N1C(=O)N2CCc3c([nH]c4ccccc34)[C@@]2(C)C1=O. The van der Waals surface area contributed by atoms with Crippen molar-refractivity contribution in [1.29, 1.82) is 0 Å². The van der Waals surface area contributed by atoms with Crippen molar-refractivity contribution >= 4 is 28.7 Å². The number of carbonyl (C=O) groups is 3. The Morgan fingerprint density at radius 2 is 1.86 bits per heavy atom. The third kappa shape index (κ3) is 3.58. The van der Waals surface area contributed by atoms with E-state index in [4.69, 9.17) is 0 Å². The monoisotopic (exact) mass is 498 g/mol. The number of para-hydroxylation sites is 1. The van der Waals surface area contributed by atoms with Crippen molar-refractivity contribution in [3.8, 4) is 0 Å². The fourth-order valence-corrected chi connectivity index (χ4v) is 6.64. The molecule has 0 bridgehead atoms. The molecule has 4 amide bonds. The van der Waals surface area contributed by atoms with E-state index in [1.165, 1.54) is 10.5 Å². The number of H-pyrrole nitrogens is 1. The number of aryl methyl sites for hydroxylation is 1. The number of hydrogen-bond donors (Lipinski definition) is 2. The topological polar surface area (TPSA) is 85.5 Å². The number of urea groups is 1. The van der Waals surface area contributed by atoms with Crippen LogP contribution in [0.25, 0.3) is 10.9 Å². The number of amides is 4. The van der Waals surface area contributed by atoms with Crippen LogP contribution >= 0.6 is 0 Å². The first-order chi connectivity index (χ1) is 17.8. The van der Waals surface area contributed by atoms with Gasteiger partial charge in [-0.1, -0.05) is 56.3 Å². The zero-order chi connectivity index (χ0) is 25.9. The first-order valence-electron chi connectivity index (χ1n) is 13.4. The minimum atomic E-state index is -1.16. The molecule has 2 N–H and O–H groups in total. The quantitative estimate of drug-likeness (QED) is 0.495. The summed E-state index contributed by atoms with van der Waals surface area (Å²) in [5.41, 5.74) is 4.05. The highest BCUT2D eigenvalue weighted by Gasteiger charge is 2.60. The number of nitrogens with one attached hydrogen (secondary N) is 2. The molecule has 3 heterocycles. The van der Waals surface area contributed by atoms with Crippen LogP contribution in [0, 0.1) is 5.92 Å². The first kappa shape index (κ1) is 23.8. The van der Waals surface area contributed by atoms with Crippen LogP contribution in [-0.4, -0.2) is 45.2 Å². The van der Waals surface area contributed by atoms with Gasteiger partial charge in [0, 0.05) is 17.4 Å². The highest BCUT2D eigenvalue weighted by atomic mass is 16.2. The third-order valence-electron chi connectivity index (χ3n) is 8.49. The number of carbonyl (C=O) groups excluding carboxylic acids is 3. The van der Waals surface area contributed by atoms with Gasteiger partial charge in [0.05, 0.1) is 11.7 Å². The summed E-state index contributed by atoms with van der Waals surface area (Å²) in [5.74, 6) is -0.448. The lowest BCUT2D eigenvalue weighted by molar-refractivity contribution is -0.140. The van der Waals surface area contributed by atoms with E-state index in [1.807, 2.05) is 51.1 Å². The summed E-state index contributed by atoms with van der Waals surface area (Å²) in [6.45, 7) is 6.30. The van der Waals surface area contributed by atoms with E-state index in [0.29, 0.717) is 19.4 Å². The highest BCUT2D eigenvalue weighted by Crippen LogP contribution is 2.45. The molecule has 192 valence electrons. The number of aromatic amines is 1. The van der Waals surface area contributed by atoms with Gasteiger partial charge in [0.15, 0.2) is 5.54 Å². The van der Waals surface area contributed by atoms with E-state index in [9.17, 15) is 14.4 Å². The van der Waals surface area contributed by atoms with Crippen molar-refractivity contribution in [2.45, 2.75) is 70.5 Å². The van der Waals surface area contributed by atoms with Gasteiger partial charge in [0.25, 0.3) is 5.91 Å². The molecule has 37 heavy (non-hydrogen) atoms. The predicted octanol–water partition coefficient (Wildman–Crippen LogP) is 4.81.